The SMILES string of the molecule is O=C(COc1ccc(-n2cnnn2)cc1)Nc1ccccc1Br. The first kappa shape index (κ1) is 15.2. The fraction of sp³-hybridized carbons (Fsp3) is 0.0667. The van der Waals surface area contributed by atoms with Crippen LogP contribution in [0.25, 0.3) is 5.69 Å². The zero-order valence-corrected chi connectivity index (χ0v) is 13.5. The predicted octanol–water partition coefficient (Wildman–Crippen LogP) is 2.44. The Hall–Kier alpha value is -2.74. The topological polar surface area (TPSA) is 81.9 Å². The molecule has 2 aromatic carbocycles. The number of benzene rings is 2. The molecular weight excluding hydrogens is 362 g/mol. The van der Waals surface area contributed by atoms with Crippen LogP contribution in [-0.2, 0) is 4.79 Å². The van der Waals surface area contributed by atoms with E-state index in [-0.39, 0.29) is 12.5 Å². The van der Waals surface area contributed by atoms with Gasteiger partial charge in [-0.2, -0.15) is 0 Å². The van der Waals surface area contributed by atoms with E-state index in [0.29, 0.717) is 11.4 Å². The number of rotatable bonds is 5. The standard InChI is InChI=1S/C15H12BrN5O2/c16-13-3-1-2-4-14(13)18-15(22)9-23-12-7-5-11(6-8-12)21-10-17-19-20-21/h1-8,10H,9H2,(H,18,22). The Kier molecular flexibility index (Phi) is 4.62. The van der Waals surface area contributed by atoms with Gasteiger partial charge in [-0.25, -0.2) is 4.68 Å². The Balaban J connectivity index is 1.56. The van der Waals surface area contributed by atoms with Gasteiger partial charge in [-0.05, 0) is 62.8 Å². The number of hydrogen-bond donors (Lipinski definition) is 1. The van der Waals surface area contributed by atoms with E-state index in [1.165, 1.54) is 11.0 Å². The lowest BCUT2D eigenvalue weighted by molar-refractivity contribution is -0.118. The summed E-state index contributed by atoms with van der Waals surface area (Å²) in [5, 5.41) is 13.7. The van der Waals surface area contributed by atoms with Gasteiger partial charge in [0, 0.05) is 4.47 Å². The number of ether oxygens (including phenoxy) is 1. The largest absolute Gasteiger partial charge is 0.484 e. The van der Waals surface area contributed by atoms with Gasteiger partial charge in [0.15, 0.2) is 6.61 Å². The minimum Gasteiger partial charge on any atom is -0.484 e. The van der Waals surface area contributed by atoms with Crippen molar-refractivity contribution in [3.63, 3.8) is 0 Å². The van der Waals surface area contributed by atoms with Crippen LogP contribution < -0.4 is 10.1 Å². The zero-order chi connectivity index (χ0) is 16.1. The number of halogens is 1. The maximum Gasteiger partial charge on any atom is 0.262 e. The van der Waals surface area contributed by atoms with E-state index in [1.807, 2.05) is 24.3 Å². The molecule has 7 nitrogen and oxygen atoms in total. The smallest absolute Gasteiger partial charge is 0.262 e. The van der Waals surface area contributed by atoms with Gasteiger partial charge >= 0.3 is 0 Å². The lowest BCUT2D eigenvalue weighted by atomic mass is 10.3. The van der Waals surface area contributed by atoms with Crippen LogP contribution in [0.3, 0.4) is 0 Å². The van der Waals surface area contributed by atoms with Gasteiger partial charge in [0.05, 0.1) is 11.4 Å². The van der Waals surface area contributed by atoms with E-state index in [2.05, 4.69) is 36.8 Å². The first-order valence-corrected chi connectivity index (χ1v) is 7.52. The van der Waals surface area contributed by atoms with Crippen LogP contribution in [-0.4, -0.2) is 32.7 Å². The summed E-state index contributed by atoms with van der Waals surface area (Å²) < 4.78 is 7.81. The Bertz CT molecular complexity index is 790. The molecule has 0 fully saturated rings. The molecule has 0 saturated heterocycles. The molecule has 0 bridgehead atoms. The van der Waals surface area contributed by atoms with E-state index in [1.54, 1.807) is 24.3 Å². The number of nitrogens with one attached hydrogen (secondary N) is 1. The lowest BCUT2D eigenvalue weighted by Crippen LogP contribution is -2.20. The van der Waals surface area contributed by atoms with Gasteiger partial charge in [-0.1, -0.05) is 12.1 Å². The second-order valence-corrected chi connectivity index (χ2v) is 5.42. The number of hydrogen-bond acceptors (Lipinski definition) is 5. The highest BCUT2D eigenvalue weighted by atomic mass is 79.9. The quantitative estimate of drug-likeness (QED) is 0.742. The Morgan fingerprint density at radius 1 is 1.17 bits per heavy atom. The molecule has 1 N–H and O–H groups in total. The summed E-state index contributed by atoms with van der Waals surface area (Å²) in [6, 6.07) is 14.5. The lowest BCUT2D eigenvalue weighted by Gasteiger charge is -2.09. The summed E-state index contributed by atoms with van der Waals surface area (Å²) >= 11 is 3.37. The summed E-state index contributed by atoms with van der Waals surface area (Å²) in [5.41, 5.74) is 1.51. The summed E-state index contributed by atoms with van der Waals surface area (Å²) in [6.07, 6.45) is 1.50. The molecule has 1 heterocycles. The number of amides is 1. The van der Waals surface area contributed by atoms with E-state index in [9.17, 15) is 4.79 Å². The van der Waals surface area contributed by atoms with Crippen LogP contribution in [0.1, 0.15) is 0 Å². The van der Waals surface area contributed by atoms with E-state index in [0.717, 1.165) is 10.2 Å². The Morgan fingerprint density at radius 3 is 2.65 bits per heavy atom. The first-order valence-electron chi connectivity index (χ1n) is 6.73. The first-order chi connectivity index (χ1) is 11.2. The van der Waals surface area contributed by atoms with Crippen LogP contribution in [0.4, 0.5) is 5.69 Å². The van der Waals surface area contributed by atoms with Crippen molar-refractivity contribution in [2.45, 2.75) is 0 Å². The van der Waals surface area contributed by atoms with Crippen molar-refractivity contribution in [3.8, 4) is 11.4 Å². The van der Waals surface area contributed by atoms with Gasteiger partial charge < -0.3 is 10.1 Å². The minimum atomic E-state index is -0.235. The van der Waals surface area contributed by atoms with Crippen molar-refractivity contribution in [2.24, 2.45) is 0 Å². The maximum atomic E-state index is 11.9. The molecule has 3 rings (SSSR count). The molecule has 0 spiro atoms. The van der Waals surface area contributed by atoms with E-state index >= 15 is 0 Å². The van der Waals surface area contributed by atoms with Crippen molar-refractivity contribution in [1.82, 2.24) is 20.2 Å². The molecule has 0 atom stereocenters. The van der Waals surface area contributed by atoms with Crippen molar-refractivity contribution < 1.29 is 9.53 Å². The Labute approximate surface area is 140 Å². The number of tetrazole rings is 1. The maximum absolute atomic E-state index is 11.9. The third kappa shape index (κ3) is 3.92. The molecule has 1 amide bonds. The fourth-order valence-corrected chi connectivity index (χ4v) is 2.26. The number of carbonyl (C=O) groups is 1. The Morgan fingerprint density at radius 2 is 1.96 bits per heavy atom. The number of aromatic nitrogens is 4. The summed E-state index contributed by atoms with van der Waals surface area (Å²) in [4.78, 5) is 11.9. The molecule has 0 aliphatic heterocycles. The van der Waals surface area contributed by atoms with Crippen molar-refractivity contribution in [1.29, 1.82) is 0 Å². The number of nitrogens with zero attached hydrogens (tertiary/aromatic N) is 4. The highest BCUT2D eigenvalue weighted by Gasteiger charge is 2.06. The molecule has 1 aromatic heterocycles. The second-order valence-electron chi connectivity index (χ2n) is 4.56. The molecule has 8 heteroatoms. The summed E-state index contributed by atoms with van der Waals surface area (Å²) in [6.45, 7) is -0.0778. The van der Waals surface area contributed by atoms with Crippen molar-refractivity contribution in [3.05, 3.63) is 59.3 Å². The van der Waals surface area contributed by atoms with Gasteiger partial charge in [-0.15, -0.1) is 5.10 Å². The van der Waals surface area contributed by atoms with Crippen LogP contribution >= 0.6 is 15.9 Å². The van der Waals surface area contributed by atoms with Crippen LogP contribution in [0.5, 0.6) is 5.75 Å². The molecule has 116 valence electrons. The molecule has 0 aliphatic carbocycles. The number of anilines is 1. The number of carbonyl (C=O) groups excluding carboxylic acids is 1. The molecule has 0 saturated carbocycles. The summed E-state index contributed by atoms with van der Waals surface area (Å²) in [5.74, 6) is 0.352. The monoisotopic (exact) mass is 373 g/mol. The van der Waals surface area contributed by atoms with Crippen molar-refractivity contribution >= 4 is 27.5 Å². The molecule has 0 unspecified atom stereocenters. The van der Waals surface area contributed by atoms with Crippen LogP contribution in [0.15, 0.2) is 59.3 Å². The van der Waals surface area contributed by atoms with Crippen LogP contribution in [0, 0.1) is 0 Å². The summed E-state index contributed by atoms with van der Waals surface area (Å²) in [7, 11) is 0. The molecule has 0 aliphatic rings. The number of para-hydroxylation sites is 1. The molecule has 0 radical (unpaired) electrons. The van der Waals surface area contributed by atoms with Gasteiger partial charge in [0.25, 0.3) is 5.91 Å². The van der Waals surface area contributed by atoms with Gasteiger partial charge in [-0.3, -0.25) is 4.79 Å². The molecular formula is C15H12BrN5O2. The molecule has 3 aromatic rings. The van der Waals surface area contributed by atoms with Gasteiger partial charge in [0.1, 0.15) is 12.1 Å². The normalized spacial score (nSPS) is 10.3. The fourth-order valence-electron chi connectivity index (χ4n) is 1.87. The second kappa shape index (κ2) is 7.01. The molecule has 23 heavy (non-hydrogen) atoms. The predicted molar refractivity (Wildman–Crippen MR) is 87.4 cm³/mol. The average Bonchev–Trinajstić information content (AvgIpc) is 3.10. The zero-order valence-electron chi connectivity index (χ0n) is 11.9. The minimum absolute atomic E-state index is 0.0778. The third-order valence-corrected chi connectivity index (χ3v) is 3.66. The van der Waals surface area contributed by atoms with Crippen LogP contribution in [0.2, 0.25) is 0 Å². The third-order valence-electron chi connectivity index (χ3n) is 2.97. The highest BCUT2D eigenvalue weighted by Crippen LogP contribution is 2.21. The van der Waals surface area contributed by atoms with E-state index < -0.39 is 0 Å². The average molecular weight is 374 g/mol. The van der Waals surface area contributed by atoms with Crippen molar-refractivity contribution in [2.75, 3.05) is 11.9 Å². The van der Waals surface area contributed by atoms with E-state index in [4.69, 9.17) is 4.74 Å². The van der Waals surface area contributed by atoms with Gasteiger partial charge in [0.2, 0.25) is 0 Å². The highest BCUT2D eigenvalue weighted by molar-refractivity contribution is 9.10.